The smallest absolute Gasteiger partial charge is 0.321 e. The summed E-state index contributed by atoms with van der Waals surface area (Å²) < 4.78 is 32.2. The van der Waals surface area contributed by atoms with Gasteiger partial charge in [-0.3, -0.25) is 14.4 Å². The second-order valence-corrected chi connectivity index (χ2v) is 9.56. The number of benzene rings is 3. The second kappa shape index (κ2) is 10.0. The Morgan fingerprint density at radius 1 is 0.917 bits per heavy atom. The summed E-state index contributed by atoms with van der Waals surface area (Å²) in [7, 11) is -4.19. The quantitative estimate of drug-likeness (QED) is 0.282. The number of carbonyl (C=O) groups excluding carboxylic acids is 2. The van der Waals surface area contributed by atoms with Gasteiger partial charge in [-0.2, -0.15) is 0 Å². The maximum absolute atomic E-state index is 12.5. The lowest BCUT2D eigenvalue weighted by molar-refractivity contribution is -0.140. The third-order valence-corrected chi connectivity index (χ3v) is 6.65. The molecule has 5 N–H and O–H groups in total. The molecule has 0 bridgehead atoms. The molecule has 11 heteroatoms. The molecule has 3 aromatic carbocycles. The Bertz CT molecular complexity index is 1510. The van der Waals surface area contributed by atoms with Crippen LogP contribution >= 0.6 is 0 Å². The molecule has 10 nitrogen and oxygen atoms in total. The van der Waals surface area contributed by atoms with E-state index in [4.69, 9.17) is 15.3 Å². The molecule has 1 heterocycles. The average Bonchev–Trinajstić information content (AvgIpc) is 3.29. The molecule has 0 aliphatic rings. The number of carbonyl (C=O) groups is 3. The van der Waals surface area contributed by atoms with Crippen molar-refractivity contribution < 1.29 is 32.3 Å². The minimum atomic E-state index is -4.19. The SMILES string of the molecule is N[C@@H](CC(=O)NS(=O)(=O)c1ccc(-c2ccc(NC(=O)c3cc4ccccc4o3)cc2)cc1)C(=O)O. The Morgan fingerprint density at radius 2 is 1.53 bits per heavy atom. The number of nitrogens with two attached hydrogens (primary N) is 1. The normalized spacial score (nSPS) is 12.1. The number of carboxylic acids is 1. The lowest BCUT2D eigenvalue weighted by atomic mass is 10.1. The van der Waals surface area contributed by atoms with Gasteiger partial charge in [0.15, 0.2) is 5.76 Å². The van der Waals surface area contributed by atoms with Crippen LogP contribution in [0.15, 0.2) is 88.2 Å². The molecule has 36 heavy (non-hydrogen) atoms. The van der Waals surface area contributed by atoms with Crippen molar-refractivity contribution in [3.05, 3.63) is 84.6 Å². The highest BCUT2D eigenvalue weighted by atomic mass is 32.2. The summed E-state index contributed by atoms with van der Waals surface area (Å²) >= 11 is 0. The molecule has 0 fully saturated rings. The highest BCUT2D eigenvalue weighted by Crippen LogP contribution is 2.24. The Labute approximate surface area is 205 Å². The van der Waals surface area contributed by atoms with Crippen LogP contribution in [0.25, 0.3) is 22.1 Å². The van der Waals surface area contributed by atoms with Crippen molar-refractivity contribution in [1.29, 1.82) is 0 Å². The molecule has 0 saturated carbocycles. The van der Waals surface area contributed by atoms with Crippen molar-refractivity contribution in [2.75, 3.05) is 5.32 Å². The Morgan fingerprint density at radius 3 is 2.14 bits per heavy atom. The number of carboxylic acid groups (broad SMARTS) is 1. The number of amides is 2. The van der Waals surface area contributed by atoms with Crippen LogP contribution in [-0.4, -0.2) is 37.3 Å². The van der Waals surface area contributed by atoms with E-state index in [0.29, 0.717) is 16.8 Å². The van der Waals surface area contributed by atoms with Gasteiger partial charge in [-0.1, -0.05) is 42.5 Å². The summed E-state index contributed by atoms with van der Waals surface area (Å²) in [6.07, 6.45) is -0.675. The van der Waals surface area contributed by atoms with Crippen molar-refractivity contribution in [1.82, 2.24) is 4.72 Å². The van der Waals surface area contributed by atoms with E-state index in [2.05, 4.69) is 5.32 Å². The fourth-order valence-corrected chi connectivity index (χ4v) is 4.39. The lowest BCUT2D eigenvalue weighted by Gasteiger charge is -2.10. The summed E-state index contributed by atoms with van der Waals surface area (Å²) in [4.78, 5) is 34.9. The van der Waals surface area contributed by atoms with E-state index < -0.39 is 34.4 Å². The van der Waals surface area contributed by atoms with Crippen molar-refractivity contribution in [2.24, 2.45) is 5.73 Å². The van der Waals surface area contributed by atoms with Gasteiger partial charge in [0.05, 0.1) is 11.3 Å². The Hall–Kier alpha value is -4.48. The van der Waals surface area contributed by atoms with Crippen LogP contribution in [0.2, 0.25) is 0 Å². The van der Waals surface area contributed by atoms with E-state index in [1.807, 2.05) is 22.9 Å². The molecule has 1 aromatic heterocycles. The fourth-order valence-electron chi connectivity index (χ4n) is 3.40. The molecule has 0 spiro atoms. The van der Waals surface area contributed by atoms with E-state index in [1.54, 1.807) is 48.5 Å². The highest BCUT2D eigenvalue weighted by molar-refractivity contribution is 7.90. The van der Waals surface area contributed by atoms with Gasteiger partial charge >= 0.3 is 5.97 Å². The van der Waals surface area contributed by atoms with Crippen molar-refractivity contribution in [3.63, 3.8) is 0 Å². The zero-order chi connectivity index (χ0) is 25.9. The molecule has 2 amide bonds. The highest BCUT2D eigenvalue weighted by Gasteiger charge is 2.22. The van der Waals surface area contributed by atoms with Crippen molar-refractivity contribution in [2.45, 2.75) is 17.4 Å². The number of nitrogens with one attached hydrogen (secondary N) is 2. The van der Waals surface area contributed by atoms with Gasteiger partial charge in [-0.25, -0.2) is 13.1 Å². The van der Waals surface area contributed by atoms with Gasteiger partial charge in [0.2, 0.25) is 5.91 Å². The number of furan rings is 1. The van der Waals surface area contributed by atoms with Crippen molar-refractivity contribution >= 4 is 44.5 Å². The number of fused-ring (bicyclic) bond motifs is 1. The molecular formula is C25H21N3O7S. The summed E-state index contributed by atoms with van der Waals surface area (Å²) in [5.41, 5.74) is 7.88. The topological polar surface area (TPSA) is 169 Å². The van der Waals surface area contributed by atoms with Crippen LogP contribution in [-0.2, 0) is 19.6 Å². The predicted molar refractivity (Wildman–Crippen MR) is 132 cm³/mol. The number of hydrogen-bond acceptors (Lipinski definition) is 7. The molecule has 0 saturated heterocycles. The van der Waals surface area contributed by atoms with Gasteiger partial charge in [0.25, 0.3) is 15.9 Å². The number of sulfonamides is 1. The molecular weight excluding hydrogens is 486 g/mol. The second-order valence-electron chi connectivity index (χ2n) is 7.88. The molecule has 184 valence electrons. The number of hydrogen-bond donors (Lipinski definition) is 4. The maximum atomic E-state index is 12.5. The van der Waals surface area contributed by atoms with E-state index in [-0.39, 0.29) is 16.6 Å². The van der Waals surface area contributed by atoms with Crippen LogP contribution < -0.4 is 15.8 Å². The zero-order valence-corrected chi connectivity index (χ0v) is 19.5. The van der Waals surface area contributed by atoms with Crippen LogP contribution in [0.5, 0.6) is 0 Å². The molecule has 4 rings (SSSR count). The Balaban J connectivity index is 1.41. The standard InChI is InChI=1S/C25H21N3O7S/c26-20(25(31)32)14-23(29)28-36(33,34)19-11-7-16(8-12-19)15-5-9-18(10-6-15)27-24(30)22-13-17-3-1-2-4-21(17)35-22/h1-13,20H,14,26H2,(H,27,30)(H,28,29)(H,31,32)/t20-/m0/s1. The third kappa shape index (κ3) is 5.59. The summed E-state index contributed by atoms with van der Waals surface area (Å²) in [6, 6.07) is 20.1. The number of anilines is 1. The van der Waals surface area contributed by atoms with Crippen molar-refractivity contribution in [3.8, 4) is 11.1 Å². The van der Waals surface area contributed by atoms with Gasteiger partial charge in [-0.15, -0.1) is 0 Å². The number of aliphatic carboxylic acids is 1. The largest absolute Gasteiger partial charge is 0.480 e. The summed E-state index contributed by atoms with van der Waals surface area (Å²) in [5.74, 6) is -2.63. The van der Waals surface area contributed by atoms with Gasteiger partial charge in [0.1, 0.15) is 11.6 Å². The minimum Gasteiger partial charge on any atom is -0.480 e. The fraction of sp³-hybridized carbons (Fsp3) is 0.0800. The monoisotopic (exact) mass is 507 g/mol. The third-order valence-electron chi connectivity index (χ3n) is 5.26. The van der Waals surface area contributed by atoms with Gasteiger partial charge in [-0.05, 0) is 47.5 Å². The maximum Gasteiger partial charge on any atom is 0.321 e. The average molecular weight is 508 g/mol. The van der Waals surface area contributed by atoms with E-state index in [9.17, 15) is 22.8 Å². The van der Waals surface area contributed by atoms with Gasteiger partial charge < -0.3 is 20.6 Å². The molecule has 1 atom stereocenters. The Kier molecular flexibility index (Phi) is 6.86. The first kappa shape index (κ1) is 24.6. The lowest BCUT2D eigenvalue weighted by Crippen LogP contribution is -2.39. The van der Waals surface area contributed by atoms with Crippen LogP contribution in [0.1, 0.15) is 17.0 Å². The van der Waals surface area contributed by atoms with Crippen LogP contribution in [0, 0.1) is 0 Å². The number of para-hydroxylation sites is 1. The summed E-state index contributed by atoms with van der Waals surface area (Å²) in [6.45, 7) is 0. The van der Waals surface area contributed by atoms with E-state index >= 15 is 0 Å². The van der Waals surface area contributed by atoms with E-state index in [1.165, 1.54) is 12.1 Å². The molecule has 0 aliphatic heterocycles. The first-order valence-corrected chi connectivity index (χ1v) is 12.2. The first-order chi connectivity index (χ1) is 17.1. The predicted octanol–water partition coefficient (Wildman–Crippen LogP) is 2.96. The van der Waals surface area contributed by atoms with Crippen LogP contribution in [0.4, 0.5) is 5.69 Å². The first-order valence-electron chi connectivity index (χ1n) is 10.7. The molecule has 0 aliphatic carbocycles. The number of rotatable bonds is 8. The minimum absolute atomic E-state index is 0.168. The molecule has 0 radical (unpaired) electrons. The molecule has 0 unspecified atom stereocenters. The van der Waals surface area contributed by atoms with Crippen LogP contribution in [0.3, 0.4) is 0 Å². The summed E-state index contributed by atoms with van der Waals surface area (Å²) in [5, 5.41) is 12.3. The molecule has 4 aromatic rings. The van der Waals surface area contributed by atoms with E-state index in [0.717, 1.165) is 10.9 Å². The van der Waals surface area contributed by atoms with Gasteiger partial charge in [0, 0.05) is 11.1 Å². The zero-order valence-electron chi connectivity index (χ0n) is 18.7.